The molecule has 0 aromatic heterocycles. The van der Waals surface area contributed by atoms with Gasteiger partial charge in [0.15, 0.2) is 16.6 Å². The summed E-state index contributed by atoms with van der Waals surface area (Å²) in [6.45, 7) is 28.7. The topological polar surface area (TPSA) is 9.23 Å². The maximum absolute atomic E-state index is 10.3. The van der Waals surface area contributed by atoms with Gasteiger partial charge in [0.05, 0.1) is 13.9 Å². The van der Waals surface area contributed by atoms with E-state index in [0.717, 1.165) is 23.7 Å². The van der Waals surface area contributed by atoms with E-state index in [4.69, 9.17) is 4.12 Å². The molecule has 0 amide bonds. The van der Waals surface area contributed by atoms with Crippen molar-refractivity contribution in [1.29, 1.82) is 0 Å². The monoisotopic (exact) mass is 540 g/mol. The third-order valence-corrected chi connectivity index (χ3v) is 14.7. The molecule has 0 unspecified atom stereocenters. The molecule has 5 heteroatoms. The minimum Gasteiger partial charge on any atom is -0.456 e. The van der Waals surface area contributed by atoms with Crippen LogP contribution < -0.4 is 0 Å². The summed E-state index contributed by atoms with van der Waals surface area (Å²) in [6.07, 6.45) is 13.0. The number of alkyl halides is 2. The molecule has 0 aromatic carbocycles. The van der Waals surface area contributed by atoms with Crippen molar-refractivity contribution < 1.29 is 12.9 Å². The van der Waals surface area contributed by atoms with Crippen LogP contribution in [0.15, 0.2) is 0 Å². The van der Waals surface area contributed by atoms with Gasteiger partial charge in [-0.25, -0.2) is 0 Å². The maximum Gasteiger partial charge on any atom is 0.173 e. The number of rotatable bonds is 4. The molecule has 0 atom stereocenters. The molecule has 1 nitrogen and oxygen atoms in total. The molecule has 0 N–H and O–H groups in total. The molecule has 0 saturated heterocycles. The Hall–Kier alpha value is 0.254. The van der Waals surface area contributed by atoms with Gasteiger partial charge in [0, 0.05) is 0 Å². The van der Waals surface area contributed by atoms with Crippen LogP contribution in [0.3, 0.4) is 0 Å². The summed E-state index contributed by atoms with van der Waals surface area (Å²) >= 11 is 0. The number of hydrogen-bond acceptors (Lipinski definition) is 1. The van der Waals surface area contributed by atoms with Gasteiger partial charge in [0.2, 0.25) is 0 Å². The Balaban J connectivity index is -0.000000181. The first-order valence-corrected chi connectivity index (χ1v) is 21.1. The van der Waals surface area contributed by atoms with E-state index < -0.39 is 16.6 Å². The van der Waals surface area contributed by atoms with Gasteiger partial charge in [0.1, 0.15) is 0 Å². The first-order valence-electron chi connectivity index (χ1n) is 14.9. The van der Waals surface area contributed by atoms with Gasteiger partial charge in [-0.3, -0.25) is 8.78 Å². The predicted molar refractivity (Wildman–Crippen MR) is 165 cm³/mol. The molecule has 2 aliphatic carbocycles. The molecule has 0 spiro atoms. The molecule has 0 bridgehead atoms. The van der Waals surface area contributed by atoms with Gasteiger partial charge in [0.25, 0.3) is 0 Å². The summed E-state index contributed by atoms with van der Waals surface area (Å²) in [7, 11) is -2.04. The molecular weight excluding hydrogens is 470 g/mol. The largest absolute Gasteiger partial charge is 0.456 e. The summed E-state index contributed by atoms with van der Waals surface area (Å²) in [5, 5.41) is 0. The van der Waals surface area contributed by atoms with E-state index in [0.29, 0.717) is 7.18 Å². The fourth-order valence-electron chi connectivity index (χ4n) is 3.75. The first-order chi connectivity index (χ1) is 16.2. The molecule has 0 aromatic rings. The van der Waals surface area contributed by atoms with Gasteiger partial charge < -0.3 is 4.12 Å². The minimum absolute atomic E-state index is 0.250. The highest BCUT2D eigenvalue weighted by atomic mass is 28.4. The Morgan fingerprint density at radius 3 is 0.800 bits per heavy atom. The van der Waals surface area contributed by atoms with E-state index in [1.165, 1.54) is 76.8 Å². The number of hydrogen-bond donors (Lipinski definition) is 0. The van der Waals surface area contributed by atoms with Gasteiger partial charge in [-0.05, 0) is 68.9 Å². The van der Waals surface area contributed by atoms with Crippen molar-refractivity contribution in [2.75, 3.05) is 13.9 Å². The summed E-state index contributed by atoms with van der Waals surface area (Å²) in [6, 6.07) is 2.48. The summed E-state index contributed by atoms with van der Waals surface area (Å²) in [5.74, 6) is 4.08. The quantitative estimate of drug-likeness (QED) is 0.322. The Labute approximate surface area is 225 Å². The van der Waals surface area contributed by atoms with E-state index >= 15 is 0 Å². The standard InChI is InChI=1S/C8H22OSi2.2C8H16.C3H8.C2H5F.CH3F/c1-7-10(3,4)9-11(5,6)8-2;2*1-7-3-5-8(2)6-4-7;1-3-2;1-2-3;1-2/h7-8H2,1-6H3;2*7-8H,3-6H2,1-2H3;3H2,1-2H3;2H2,1H3;1H3. The SMILES string of the molecule is CC1CCC(C)CC1.CC1CCC(C)CC1.CCC.CCF.CC[Si](C)(C)O[Si](C)(C)CC.CF. The second kappa shape index (κ2) is 27.3. The molecule has 2 rings (SSSR count). The van der Waals surface area contributed by atoms with Crippen LogP contribution >= 0.6 is 0 Å². The van der Waals surface area contributed by atoms with Crippen LogP contribution in [-0.4, -0.2) is 30.5 Å². The van der Waals surface area contributed by atoms with E-state index in [9.17, 15) is 8.78 Å². The highest BCUT2D eigenvalue weighted by Gasteiger charge is 2.29. The molecule has 2 fully saturated rings. The molecule has 35 heavy (non-hydrogen) atoms. The van der Waals surface area contributed by atoms with Crippen molar-refractivity contribution in [3.05, 3.63) is 0 Å². The van der Waals surface area contributed by atoms with E-state index in [2.05, 4.69) is 81.6 Å². The van der Waals surface area contributed by atoms with Crippen molar-refractivity contribution in [3.8, 4) is 0 Å². The zero-order valence-electron chi connectivity index (χ0n) is 27.0. The second-order valence-electron chi connectivity index (χ2n) is 12.0. The maximum atomic E-state index is 10.3. The zero-order valence-corrected chi connectivity index (χ0v) is 29.0. The molecule has 218 valence electrons. The summed E-state index contributed by atoms with van der Waals surface area (Å²) in [5.41, 5.74) is 0. The van der Waals surface area contributed by atoms with Crippen LogP contribution in [0.25, 0.3) is 0 Å². The third kappa shape index (κ3) is 34.3. The fourth-order valence-corrected chi connectivity index (χ4v) is 10.9. The predicted octanol–water partition coefficient (Wildman–Crippen LogP) is 12.1. The van der Waals surface area contributed by atoms with Gasteiger partial charge in [-0.15, -0.1) is 0 Å². The summed E-state index contributed by atoms with van der Waals surface area (Å²) in [4.78, 5) is 0. The normalized spacial score (nSPS) is 23.7. The second-order valence-corrected chi connectivity index (χ2v) is 21.3. The van der Waals surface area contributed by atoms with E-state index in [-0.39, 0.29) is 6.67 Å². The molecule has 2 aliphatic rings. The van der Waals surface area contributed by atoms with Crippen molar-refractivity contribution in [2.24, 2.45) is 23.7 Å². The van der Waals surface area contributed by atoms with Crippen molar-refractivity contribution in [1.82, 2.24) is 0 Å². The molecular formula is C30H70F2OSi2. The molecule has 2 saturated carbocycles. The van der Waals surface area contributed by atoms with Crippen molar-refractivity contribution in [3.63, 3.8) is 0 Å². The van der Waals surface area contributed by atoms with Crippen LogP contribution in [0.2, 0.25) is 38.3 Å². The Kier molecular flexibility index (Phi) is 33.0. The third-order valence-electron chi connectivity index (χ3n) is 6.86. The molecule has 0 aliphatic heterocycles. The minimum atomic E-state index is -1.27. The van der Waals surface area contributed by atoms with Gasteiger partial charge >= 0.3 is 0 Å². The van der Waals surface area contributed by atoms with Crippen LogP contribution in [0, 0.1) is 23.7 Å². The van der Waals surface area contributed by atoms with Crippen LogP contribution in [0.1, 0.15) is 120 Å². The van der Waals surface area contributed by atoms with E-state index in [1.54, 1.807) is 0 Å². The van der Waals surface area contributed by atoms with E-state index in [1.807, 2.05) is 0 Å². The molecule has 0 heterocycles. The molecule has 0 radical (unpaired) electrons. The zero-order chi connectivity index (χ0) is 28.5. The Bertz CT molecular complexity index is 334. The average Bonchev–Trinajstić information content (AvgIpc) is 2.80. The highest BCUT2D eigenvalue weighted by Crippen LogP contribution is 2.28. The van der Waals surface area contributed by atoms with Crippen LogP contribution in [0.5, 0.6) is 0 Å². The van der Waals surface area contributed by atoms with Crippen molar-refractivity contribution in [2.45, 2.75) is 158 Å². The lowest BCUT2D eigenvalue weighted by Crippen LogP contribution is -2.43. The Morgan fingerprint density at radius 1 is 0.543 bits per heavy atom. The van der Waals surface area contributed by atoms with Gasteiger partial charge in [-0.1, -0.05) is 113 Å². The Morgan fingerprint density at radius 2 is 0.686 bits per heavy atom. The smallest absolute Gasteiger partial charge is 0.173 e. The van der Waals surface area contributed by atoms with Crippen LogP contribution in [0.4, 0.5) is 8.78 Å². The highest BCUT2D eigenvalue weighted by molar-refractivity contribution is 6.84. The first kappa shape index (κ1) is 42.3. The average molecular weight is 541 g/mol. The van der Waals surface area contributed by atoms with Crippen LogP contribution in [-0.2, 0) is 4.12 Å². The lowest BCUT2D eigenvalue weighted by atomic mass is 9.84. The lowest BCUT2D eigenvalue weighted by Gasteiger charge is -2.32. The fraction of sp³-hybridized carbons (Fsp3) is 1.00. The lowest BCUT2D eigenvalue weighted by molar-refractivity contribution is 0.308. The van der Waals surface area contributed by atoms with Crippen molar-refractivity contribution >= 4 is 16.6 Å². The van der Waals surface area contributed by atoms with Gasteiger partial charge in [-0.2, -0.15) is 0 Å². The number of halogens is 2. The summed E-state index contributed by atoms with van der Waals surface area (Å²) < 4.78 is 26.0.